The summed E-state index contributed by atoms with van der Waals surface area (Å²) in [5.74, 6) is -0.0467. The molecule has 0 bridgehead atoms. The average Bonchev–Trinajstić information content (AvgIpc) is 3.08. The van der Waals surface area contributed by atoms with Gasteiger partial charge in [0.1, 0.15) is 5.82 Å². The number of nitrogens with one attached hydrogen (secondary N) is 2. The number of aromatic nitrogens is 4. The van der Waals surface area contributed by atoms with Crippen LogP contribution in [0.2, 0.25) is 0 Å². The minimum Gasteiger partial charge on any atom is -0.298 e. The van der Waals surface area contributed by atoms with Crippen LogP contribution in [0, 0.1) is 5.82 Å². The molecule has 152 valence electrons. The number of aromatic amines is 1. The molecule has 30 heavy (non-hydrogen) atoms. The molecule has 8 nitrogen and oxygen atoms in total. The van der Waals surface area contributed by atoms with Crippen LogP contribution in [0.5, 0.6) is 0 Å². The van der Waals surface area contributed by atoms with E-state index < -0.39 is 11.2 Å². The van der Waals surface area contributed by atoms with Gasteiger partial charge in [-0.15, -0.1) is 0 Å². The highest BCUT2D eigenvalue weighted by Gasteiger charge is 2.17. The van der Waals surface area contributed by atoms with E-state index in [2.05, 4.69) is 36.4 Å². The number of halogens is 2. The van der Waals surface area contributed by atoms with Gasteiger partial charge in [-0.05, 0) is 35.4 Å². The molecule has 0 fully saturated rings. The molecule has 0 amide bonds. The van der Waals surface area contributed by atoms with Crippen LogP contribution >= 0.6 is 15.9 Å². The van der Waals surface area contributed by atoms with Crippen LogP contribution < -0.4 is 16.7 Å². The topological polar surface area (TPSA) is 97.1 Å². The first-order valence-electron chi connectivity index (χ1n) is 8.91. The van der Waals surface area contributed by atoms with Crippen LogP contribution in [0.1, 0.15) is 11.1 Å². The predicted octanol–water partition coefficient (Wildman–Crippen LogP) is 2.82. The first kappa shape index (κ1) is 19.8. The second-order valence-electron chi connectivity index (χ2n) is 6.56. The zero-order valence-corrected chi connectivity index (χ0v) is 17.4. The van der Waals surface area contributed by atoms with E-state index in [0.717, 1.165) is 10.0 Å². The summed E-state index contributed by atoms with van der Waals surface area (Å²) in [6, 6.07) is 13.5. The van der Waals surface area contributed by atoms with E-state index in [0.29, 0.717) is 12.1 Å². The minimum atomic E-state index is -0.554. The second-order valence-corrected chi connectivity index (χ2v) is 7.48. The number of benzene rings is 2. The SMILES string of the molecule is Cn1c(=O)[nH]c(=O)c2c1nc(N/N=C/c1ccc(F)cc1)n2Cc1ccc(Br)cc1. The fourth-order valence-corrected chi connectivity index (χ4v) is 3.22. The Labute approximate surface area is 177 Å². The van der Waals surface area contributed by atoms with Crippen molar-refractivity contribution in [3.05, 3.63) is 90.8 Å². The standard InChI is InChI=1S/C20H16BrFN6O2/c1-27-17-16(18(29)25-20(27)30)28(11-13-2-6-14(21)7-3-13)19(24-17)26-23-10-12-4-8-15(22)9-5-12/h2-10H,11H2,1H3,(H,24,26)(H,25,29,30)/b23-10+. The quantitative estimate of drug-likeness (QED) is 0.346. The van der Waals surface area contributed by atoms with Crippen molar-refractivity contribution in [3.63, 3.8) is 0 Å². The molecule has 0 saturated carbocycles. The predicted molar refractivity (Wildman–Crippen MR) is 116 cm³/mol. The highest BCUT2D eigenvalue weighted by molar-refractivity contribution is 9.10. The molecule has 10 heteroatoms. The first-order chi connectivity index (χ1) is 14.4. The van der Waals surface area contributed by atoms with Crippen molar-refractivity contribution in [3.8, 4) is 0 Å². The third-order valence-electron chi connectivity index (χ3n) is 4.51. The van der Waals surface area contributed by atoms with Gasteiger partial charge in [0.25, 0.3) is 5.56 Å². The average molecular weight is 471 g/mol. The normalized spacial score (nSPS) is 11.4. The molecule has 2 aromatic heterocycles. The number of hydrogen-bond acceptors (Lipinski definition) is 5. The Morgan fingerprint density at radius 2 is 1.87 bits per heavy atom. The van der Waals surface area contributed by atoms with Crippen molar-refractivity contribution >= 4 is 39.3 Å². The summed E-state index contributed by atoms with van der Waals surface area (Å²) in [7, 11) is 1.53. The lowest BCUT2D eigenvalue weighted by atomic mass is 10.2. The molecule has 2 N–H and O–H groups in total. The molecule has 0 unspecified atom stereocenters. The van der Waals surface area contributed by atoms with Gasteiger partial charge in [0.2, 0.25) is 5.95 Å². The summed E-state index contributed by atoms with van der Waals surface area (Å²) in [6.07, 6.45) is 1.51. The lowest BCUT2D eigenvalue weighted by molar-refractivity contribution is 0.628. The fraction of sp³-hybridized carbons (Fsp3) is 0.100. The number of rotatable bonds is 5. The molecule has 0 saturated heterocycles. The maximum Gasteiger partial charge on any atom is 0.329 e. The first-order valence-corrected chi connectivity index (χ1v) is 9.70. The molecule has 0 aliphatic carbocycles. The minimum absolute atomic E-state index is 0.236. The number of hydrogen-bond donors (Lipinski definition) is 2. The Morgan fingerprint density at radius 3 is 2.57 bits per heavy atom. The van der Waals surface area contributed by atoms with Gasteiger partial charge < -0.3 is 0 Å². The molecular formula is C20H16BrFN6O2. The third kappa shape index (κ3) is 3.94. The maximum atomic E-state index is 13.0. The van der Waals surface area contributed by atoms with E-state index >= 15 is 0 Å². The number of H-pyrrole nitrogens is 1. The molecule has 0 aliphatic rings. The van der Waals surface area contributed by atoms with E-state index in [1.54, 1.807) is 16.7 Å². The molecule has 2 heterocycles. The van der Waals surface area contributed by atoms with Gasteiger partial charge in [0, 0.05) is 11.5 Å². The fourth-order valence-electron chi connectivity index (χ4n) is 2.96. The molecule has 2 aromatic carbocycles. The highest BCUT2D eigenvalue weighted by atomic mass is 79.9. The van der Waals surface area contributed by atoms with Gasteiger partial charge in [-0.3, -0.25) is 18.9 Å². The Balaban J connectivity index is 1.77. The maximum absolute atomic E-state index is 13.0. The van der Waals surface area contributed by atoms with Crippen molar-refractivity contribution in [2.75, 3.05) is 5.43 Å². The van der Waals surface area contributed by atoms with Crippen LogP contribution in [0.4, 0.5) is 10.3 Å². The van der Waals surface area contributed by atoms with Crippen LogP contribution in [-0.2, 0) is 13.6 Å². The van der Waals surface area contributed by atoms with Gasteiger partial charge in [-0.2, -0.15) is 10.1 Å². The van der Waals surface area contributed by atoms with Gasteiger partial charge in [-0.1, -0.05) is 40.2 Å². The number of hydrazone groups is 1. The Kier molecular flexibility index (Phi) is 5.32. The van der Waals surface area contributed by atoms with E-state index in [-0.39, 0.29) is 22.9 Å². The van der Waals surface area contributed by atoms with Gasteiger partial charge >= 0.3 is 5.69 Å². The smallest absolute Gasteiger partial charge is 0.298 e. The number of nitrogens with zero attached hydrogens (tertiary/aromatic N) is 4. The monoisotopic (exact) mass is 470 g/mol. The zero-order chi connectivity index (χ0) is 21.3. The largest absolute Gasteiger partial charge is 0.329 e. The lowest BCUT2D eigenvalue weighted by Crippen LogP contribution is -2.29. The lowest BCUT2D eigenvalue weighted by Gasteiger charge is -2.08. The van der Waals surface area contributed by atoms with E-state index in [9.17, 15) is 14.0 Å². The van der Waals surface area contributed by atoms with E-state index in [1.807, 2.05) is 24.3 Å². The number of imidazole rings is 1. The van der Waals surface area contributed by atoms with Crippen molar-refractivity contribution in [2.45, 2.75) is 6.54 Å². The summed E-state index contributed by atoms with van der Waals surface area (Å²) >= 11 is 3.40. The summed E-state index contributed by atoms with van der Waals surface area (Å²) in [5.41, 5.74) is 3.83. The molecular weight excluding hydrogens is 455 g/mol. The Hall–Kier alpha value is -3.53. The Morgan fingerprint density at radius 1 is 1.17 bits per heavy atom. The number of anilines is 1. The molecule has 0 atom stereocenters. The number of aryl methyl sites for hydroxylation is 1. The van der Waals surface area contributed by atoms with Crippen LogP contribution in [0.3, 0.4) is 0 Å². The van der Waals surface area contributed by atoms with Gasteiger partial charge in [0.05, 0.1) is 12.8 Å². The Bertz CT molecular complexity index is 1350. The summed E-state index contributed by atoms with van der Waals surface area (Å²) in [5, 5.41) is 4.15. The summed E-state index contributed by atoms with van der Waals surface area (Å²) in [4.78, 5) is 31.2. The molecule has 0 spiro atoms. The summed E-state index contributed by atoms with van der Waals surface area (Å²) in [6.45, 7) is 0.333. The van der Waals surface area contributed by atoms with Gasteiger partial charge in [0.15, 0.2) is 11.2 Å². The molecule has 4 aromatic rings. The van der Waals surface area contributed by atoms with E-state index in [4.69, 9.17) is 0 Å². The number of fused-ring (bicyclic) bond motifs is 1. The van der Waals surface area contributed by atoms with Gasteiger partial charge in [-0.25, -0.2) is 14.6 Å². The molecule has 4 rings (SSSR count). The van der Waals surface area contributed by atoms with Crippen LogP contribution in [-0.4, -0.2) is 25.3 Å². The van der Waals surface area contributed by atoms with Crippen molar-refractivity contribution < 1.29 is 4.39 Å². The van der Waals surface area contributed by atoms with Crippen LogP contribution in [0.25, 0.3) is 11.2 Å². The summed E-state index contributed by atoms with van der Waals surface area (Å²) < 4.78 is 16.9. The van der Waals surface area contributed by atoms with Crippen LogP contribution in [0.15, 0.2) is 67.7 Å². The molecule has 0 aliphatic heterocycles. The molecule has 0 radical (unpaired) electrons. The van der Waals surface area contributed by atoms with Crippen molar-refractivity contribution in [2.24, 2.45) is 12.1 Å². The van der Waals surface area contributed by atoms with Crippen molar-refractivity contribution in [1.29, 1.82) is 0 Å². The third-order valence-corrected chi connectivity index (χ3v) is 5.04. The zero-order valence-electron chi connectivity index (χ0n) is 15.8. The van der Waals surface area contributed by atoms with E-state index in [1.165, 1.54) is 30.0 Å². The highest BCUT2D eigenvalue weighted by Crippen LogP contribution is 2.19. The second kappa shape index (κ2) is 8.07. The van der Waals surface area contributed by atoms with Crippen molar-refractivity contribution in [1.82, 2.24) is 19.1 Å².